The van der Waals surface area contributed by atoms with Crippen LogP contribution < -0.4 is 16.4 Å². The number of aliphatic hydroxyl groups is 1. The number of aromatic amines is 1. The molecule has 54 heavy (non-hydrogen) atoms. The van der Waals surface area contributed by atoms with E-state index in [4.69, 9.17) is 33.7 Å². The Labute approximate surface area is 327 Å². The van der Waals surface area contributed by atoms with Crippen LogP contribution in [0.25, 0.3) is 0 Å². The number of nitrogens with zero attached hydrogens (tertiary/aromatic N) is 2. The molecule has 1 aromatic heterocycles. The normalized spacial score (nSPS) is 16.4. The Kier molecular flexibility index (Phi) is 15.9. The van der Waals surface area contributed by atoms with Gasteiger partial charge >= 0.3 is 6.09 Å². The molecule has 6 N–H and O–H groups in total. The number of carbonyl (C=O) groups excluding carboxylic acids is 4. The molecule has 294 valence electrons. The fourth-order valence-corrected chi connectivity index (χ4v) is 7.31. The van der Waals surface area contributed by atoms with Crippen molar-refractivity contribution >= 4 is 47.0 Å². The van der Waals surface area contributed by atoms with E-state index >= 15 is 0 Å². The zero-order valence-electron chi connectivity index (χ0n) is 31.5. The molecule has 12 nitrogen and oxygen atoms in total. The number of hydrogen-bond donors (Lipinski definition) is 5. The summed E-state index contributed by atoms with van der Waals surface area (Å²) in [4.78, 5) is 64.0. The van der Waals surface area contributed by atoms with Crippen molar-refractivity contribution in [1.82, 2.24) is 25.5 Å². The molecule has 1 heterocycles. The molecule has 0 saturated heterocycles. The lowest BCUT2D eigenvalue weighted by molar-refractivity contribution is -0.141. The number of H-pyrrole nitrogens is 1. The molecule has 5 atom stereocenters. The van der Waals surface area contributed by atoms with E-state index in [-0.39, 0.29) is 37.5 Å². The van der Waals surface area contributed by atoms with E-state index in [0.717, 1.165) is 48.1 Å². The number of benzene rings is 2. The van der Waals surface area contributed by atoms with Crippen LogP contribution in [0.3, 0.4) is 0 Å². The zero-order chi connectivity index (χ0) is 39.4. The van der Waals surface area contributed by atoms with Gasteiger partial charge in [-0.1, -0.05) is 91.7 Å². The summed E-state index contributed by atoms with van der Waals surface area (Å²) in [5.74, 6) is -2.24. The lowest BCUT2D eigenvalue weighted by atomic mass is 9.81. The second-order valence-electron chi connectivity index (χ2n) is 15.2. The lowest BCUT2D eigenvalue weighted by Crippen LogP contribution is -2.60. The number of aromatic nitrogens is 2. The minimum absolute atomic E-state index is 0.0122. The number of halogens is 2. The molecular weight excluding hydrogens is 731 g/mol. The summed E-state index contributed by atoms with van der Waals surface area (Å²) in [7, 11) is 1.53. The van der Waals surface area contributed by atoms with Crippen molar-refractivity contribution in [1.29, 1.82) is 0 Å². The van der Waals surface area contributed by atoms with Crippen LogP contribution in [-0.2, 0) is 38.4 Å². The number of aliphatic hydroxyl groups excluding tert-OH is 1. The lowest BCUT2D eigenvalue weighted by Gasteiger charge is -2.35. The summed E-state index contributed by atoms with van der Waals surface area (Å²) >= 11 is 12.4. The molecule has 1 saturated carbocycles. The summed E-state index contributed by atoms with van der Waals surface area (Å²) in [5.41, 5.74) is 7.41. The van der Waals surface area contributed by atoms with Crippen molar-refractivity contribution in [3.05, 3.63) is 87.9 Å². The number of ether oxygens (including phenoxy) is 1. The molecule has 4 rings (SSSR count). The maximum atomic E-state index is 14.6. The number of amides is 4. The maximum Gasteiger partial charge on any atom is 0.417 e. The van der Waals surface area contributed by atoms with Gasteiger partial charge in [-0.2, -0.15) is 0 Å². The van der Waals surface area contributed by atoms with E-state index in [2.05, 4.69) is 20.6 Å². The molecule has 0 spiro atoms. The summed E-state index contributed by atoms with van der Waals surface area (Å²) < 4.78 is 5.70. The van der Waals surface area contributed by atoms with Gasteiger partial charge in [-0.25, -0.2) is 14.7 Å². The third kappa shape index (κ3) is 12.8. The SMILES string of the molecule is CNC(=O)[C@H](Cc1ccc(Cl)c(Cl)c1)C[C@H](O)[C@H](CC1CCCCC1)NC(=O)[C@H](Cc1c[nH]cn1)N(C(=O)OC(C)(C)C)C(=O)[C@@H](N)Cc1ccccc1. The Morgan fingerprint density at radius 3 is 2.30 bits per heavy atom. The quantitative estimate of drug-likeness (QED) is 0.121. The van der Waals surface area contributed by atoms with Gasteiger partial charge in [0.15, 0.2) is 0 Å². The molecule has 1 aliphatic rings. The van der Waals surface area contributed by atoms with Crippen molar-refractivity contribution in [2.24, 2.45) is 17.6 Å². The van der Waals surface area contributed by atoms with Crippen LogP contribution in [-0.4, -0.2) is 80.7 Å². The molecule has 2 aromatic carbocycles. The molecular formula is C40H54Cl2N6O6. The predicted molar refractivity (Wildman–Crippen MR) is 209 cm³/mol. The first-order valence-electron chi connectivity index (χ1n) is 18.6. The van der Waals surface area contributed by atoms with Gasteiger partial charge in [0.1, 0.15) is 11.6 Å². The molecule has 0 unspecified atom stereocenters. The first-order valence-corrected chi connectivity index (χ1v) is 19.4. The van der Waals surface area contributed by atoms with Crippen molar-refractivity contribution in [2.75, 3.05) is 7.05 Å². The molecule has 0 bridgehead atoms. The van der Waals surface area contributed by atoms with E-state index in [1.165, 1.54) is 13.4 Å². The topological polar surface area (TPSA) is 180 Å². The Balaban J connectivity index is 1.68. The van der Waals surface area contributed by atoms with E-state index < -0.39 is 53.7 Å². The Morgan fingerprint density at radius 2 is 1.69 bits per heavy atom. The number of hydrogen-bond acceptors (Lipinski definition) is 8. The summed E-state index contributed by atoms with van der Waals surface area (Å²) in [6.07, 6.45) is 6.51. The van der Waals surface area contributed by atoms with Gasteiger partial charge in [0.2, 0.25) is 17.7 Å². The summed E-state index contributed by atoms with van der Waals surface area (Å²) in [6, 6.07) is 10.8. The standard InChI is InChI=1S/C40H54Cl2N6O6/c1-40(2,3)54-39(53)48(38(52)32(43)19-25-11-7-5-8-12-25)34(22-29-23-45-24-46-29)37(51)47-33(20-26-13-9-6-10-14-26)35(49)21-28(36(50)44-4)17-27-15-16-30(41)31(42)18-27/h5,7-8,11-12,15-16,18,23-24,26,28,32-35,49H,6,9-10,13-14,17,19-22,43H2,1-4H3,(H,44,50)(H,45,46)(H,47,51)/t28-,32+,33+,34+,35+/m1/s1. The Bertz CT molecular complexity index is 1680. The number of imide groups is 1. The van der Waals surface area contributed by atoms with Crippen molar-refractivity contribution in [3.8, 4) is 0 Å². The van der Waals surface area contributed by atoms with E-state index in [9.17, 15) is 24.3 Å². The van der Waals surface area contributed by atoms with Gasteiger partial charge in [0.05, 0.1) is 40.3 Å². The Morgan fingerprint density at radius 1 is 0.981 bits per heavy atom. The molecule has 4 amide bonds. The fraction of sp³-hybridized carbons (Fsp3) is 0.525. The highest BCUT2D eigenvalue weighted by Gasteiger charge is 2.42. The van der Waals surface area contributed by atoms with E-state index in [0.29, 0.717) is 22.2 Å². The maximum absolute atomic E-state index is 14.6. The monoisotopic (exact) mass is 784 g/mol. The first kappa shape index (κ1) is 42.8. The van der Waals surface area contributed by atoms with Crippen LogP contribution in [0.1, 0.15) is 82.5 Å². The van der Waals surface area contributed by atoms with Gasteiger partial charge in [-0.15, -0.1) is 0 Å². The van der Waals surface area contributed by atoms with Gasteiger partial charge in [0.25, 0.3) is 0 Å². The Hall–Kier alpha value is -3.97. The average Bonchev–Trinajstić information content (AvgIpc) is 3.65. The molecule has 1 aliphatic carbocycles. The second-order valence-corrected chi connectivity index (χ2v) is 16.0. The highest BCUT2D eigenvalue weighted by atomic mass is 35.5. The molecule has 0 aliphatic heterocycles. The van der Waals surface area contributed by atoms with Gasteiger partial charge in [0, 0.05) is 25.6 Å². The number of imidazole rings is 1. The minimum Gasteiger partial charge on any atom is -0.443 e. The molecule has 0 radical (unpaired) electrons. The van der Waals surface area contributed by atoms with Crippen molar-refractivity contribution in [3.63, 3.8) is 0 Å². The van der Waals surface area contributed by atoms with Crippen LogP contribution in [0.4, 0.5) is 4.79 Å². The highest BCUT2D eigenvalue weighted by molar-refractivity contribution is 6.42. The largest absolute Gasteiger partial charge is 0.443 e. The van der Waals surface area contributed by atoms with E-state index in [1.54, 1.807) is 45.2 Å². The van der Waals surface area contributed by atoms with Crippen LogP contribution >= 0.6 is 23.2 Å². The smallest absolute Gasteiger partial charge is 0.417 e. The zero-order valence-corrected chi connectivity index (χ0v) is 33.0. The van der Waals surface area contributed by atoms with Crippen molar-refractivity contribution < 1.29 is 29.0 Å². The predicted octanol–water partition coefficient (Wildman–Crippen LogP) is 5.77. The fourth-order valence-electron chi connectivity index (χ4n) is 6.98. The van der Waals surface area contributed by atoms with Gasteiger partial charge in [-0.3, -0.25) is 14.4 Å². The number of carbonyl (C=O) groups is 4. The average molecular weight is 786 g/mol. The van der Waals surface area contributed by atoms with Gasteiger partial charge in [-0.05, 0) is 75.6 Å². The molecule has 14 heteroatoms. The van der Waals surface area contributed by atoms with Gasteiger partial charge < -0.3 is 31.2 Å². The van der Waals surface area contributed by atoms with Crippen LogP contribution in [0.15, 0.2) is 61.1 Å². The van der Waals surface area contributed by atoms with E-state index in [1.807, 2.05) is 30.3 Å². The molecule has 3 aromatic rings. The first-order chi connectivity index (χ1) is 25.6. The van der Waals surface area contributed by atoms with Crippen LogP contribution in [0.2, 0.25) is 10.0 Å². The minimum atomic E-state index is -1.44. The highest BCUT2D eigenvalue weighted by Crippen LogP contribution is 2.30. The van der Waals surface area contributed by atoms with Crippen LogP contribution in [0, 0.1) is 11.8 Å². The van der Waals surface area contributed by atoms with Crippen molar-refractivity contribution in [2.45, 2.75) is 115 Å². The summed E-state index contributed by atoms with van der Waals surface area (Å²) in [6.45, 7) is 4.99. The van der Waals surface area contributed by atoms with Crippen LogP contribution in [0.5, 0.6) is 0 Å². The number of nitrogens with two attached hydrogens (primary N) is 1. The number of rotatable bonds is 16. The number of nitrogens with one attached hydrogen (secondary N) is 3. The third-order valence-corrected chi connectivity index (χ3v) is 10.5. The molecule has 1 fully saturated rings. The second kappa shape index (κ2) is 20.1. The third-order valence-electron chi connectivity index (χ3n) is 9.73. The summed E-state index contributed by atoms with van der Waals surface area (Å²) in [5, 5.41) is 18.4.